The van der Waals surface area contributed by atoms with Crippen molar-refractivity contribution in [2.45, 2.75) is 19.9 Å². The van der Waals surface area contributed by atoms with Crippen molar-refractivity contribution in [1.82, 2.24) is 19.5 Å². The molecule has 3 aromatic heterocycles. The lowest BCUT2D eigenvalue weighted by Gasteiger charge is -2.02. The van der Waals surface area contributed by atoms with Gasteiger partial charge in [0.05, 0.1) is 16.7 Å². The highest BCUT2D eigenvalue weighted by molar-refractivity contribution is 7.71. The van der Waals surface area contributed by atoms with Crippen LogP contribution in [0.2, 0.25) is 0 Å². The lowest BCUT2D eigenvalue weighted by molar-refractivity contribution is 0.692. The van der Waals surface area contributed by atoms with Gasteiger partial charge in [-0.2, -0.15) is 0 Å². The van der Waals surface area contributed by atoms with Crippen molar-refractivity contribution in [3.8, 4) is 0 Å². The van der Waals surface area contributed by atoms with E-state index >= 15 is 0 Å². The molecule has 0 unspecified atom stereocenters. The third-order valence-electron chi connectivity index (χ3n) is 2.82. The molecule has 0 bridgehead atoms. The number of aromatic nitrogens is 4. The Kier molecular flexibility index (Phi) is 2.97. The number of pyridine rings is 1. The Morgan fingerprint density at radius 2 is 2.33 bits per heavy atom. The van der Waals surface area contributed by atoms with E-state index < -0.39 is 0 Å². The number of rotatable bonds is 3. The average Bonchev–Trinajstić information content (AvgIpc) is 2.93. The maximum absolute atomic E-state index is 5.34. The molecule has 0 aliphatic rings. The van der Waals surface area contributed by atoms with Crippen LogP contribution in [0.15, 0.2) is 23.2 Å². The van der Waals surface area contributed by atoms with Crippen LogP contribution in [-0.4, -0.2) is 19.5 Å². The molecule has 3 aromatic rings. The number of nitrogens with zero attached hydrogens (tertiary/aromatic N) is 3. The van der Waals surface area contributed by atoms with Crippen LogP contribution in [0.3, 0.4) is 0 Å². The van der Waals surface area contributed by atoms with Gasteiger partial charge in [0.25, 0.3) is 0 Å². The SMILES string of the molecule is Cc1cnc2c(c1)[nH]c(=S)n2CCc1cscn1. The number of nitrogens with one attached hydrogen (secondary N) is 1. The second-order valence-electron chi connectivity index (χ2n) is 4.20. The minimum Gasteiger partial charge on any atom is -0.329 e. The Morgan fingerprint density at radius 1 is 1.44 bits per heavy atom. The Bertz CT molecular complexity index is 724. The van der Waals surface area contributed by atoms with Crippen LogP contribution < -0.4 is 0 Å². The second-order valence-corrected chi connectivity index (χ2v) is 5.30. The number of fused-ring (bicyclic) bond motifs is 1. The standard InChI is InChI=1S/C12H12N4S2/c1-8-4-10-11(13-5-8)16(12(17)15-10)3-2-9-6-18-7-14-9/h4-7H,2-3H2,1H3,(H,15,17). The van der Waals surface area contributed by atoms with Gasteiger partial charge in [-0.15, -0.1) is 11.3 Å². The first kappa shape index (κ1) is 11.6. The van der Waals surface area contributed by atoms with E-state index in [0.717, 1.165) is 40.2 Å². The van der Waals surface area contributed by atoms with Crippen molar-refractivity contribution < 1.29 is 0 Å². The van der Waals surface area contributed by atoms with Crippen molar-refractivity contribution in [2.24, 2.45) is 0 Å². The molecule has 0 saturated heterocycles. The second kappa shape index (κ2) is 4.62. The van der Waals surface area contributed by atoms with E-state index in [4.69, 9.17) is 12.2 Å². The third-order valence-corrected chi connectivity index (χ3v) is 3.78. The number of H-pyrrole nitrogens is 1. The van der Waals surface area contributed by atoms with E-state index in [1.165, 1.54) is 0 Å². The van der Waals surface area contributed by atoms with E-state index in [9.17, 15) is 0 Å². The summed E-state index contributed by atoms with van der Waals surface area (Å²) in [7, 11) is 0. The molecule has 3 rings (SSSR count). The van der Waals surface area contributed by atoms with Crippen molar-refractivity contribution in [3.05, 3.63) is 39.2 Å². The maximum Gasteiger partial charge on any atom is 0.179 e. The molecule has 1 N–H and O–H groups in total. The fourth-order valence-corrected chi connectivity index (χ4v) is 2.82. The summed E-state index contributed by atoms with van der Waals surface area (Å²) >= 11 is 6.96. The molecule has 0 atom stereocenters. The lowest BCUT2D eigenvalue weighted by atomic mass is 10.3. The summed E-state index contributed by atoms with van der Waals surface area (Å²) in [5, 5.41) is 2.07. The predicted octanol–water partition coefficient (Wildman–Crippen LogP) is 3.10. The summed E-state index contributed by atoms with van der Waals surface area (Å²) < 4.78 is 2.75. The van der Waals surface area contributed by atoms with Crippen LogP contribution in [0.4, 0.5) is 0 Å². The molecular weight excluding hydrogens is 264 g/mol. The van der Waals surface area contributed by atoms with E-state index in [-0.39, 0.29) is 0 Å². The molecular formula is C12H12N4S2. The molecule has 4 nitrogen and oxygen atoms in total. The number of aromatic amines is 1. The van der Waals surface area contributed by atoms with E-state index in [1.54, 1.807) is 11.3 Å². The molecule has 3 heterocycles. The van der Waals surface area contributed by atoms with Crippen LogP contribution in [0, 0.1) is 11.7 Å². The van der Waals surface area contributed by atoms with Crippen molar-refractivity contribution >= 4 is 34.7 Å². The first-order valence-corrected chi connectivity index (χ1v) is 7.01. The molecule has 92 valence electrons. The van der Waals surface area contributed by atoms with Crippen LogP contribution in [0.5, 0.6) is 0 Å². The Balaban J connectivity index is 1.96. The van der Waals surface area contributed by atoms with Crippen LogP contribution in [0.1, 0.15) is 11.3 Å². The van der Waals surface area contributed by atoms with E-state index in [1.807, 2.05) is 23.2 Å². The van der Waals surface area contributed by atoms with Gasteiger partial charge in [0.2, 0.25) is 0 Å². The zero-order valence-electron chi connectivity index (χ0n) is 9.88. The molecule has 0 radical (unpaired) electrons. The predicted molar refractivity (Wildman–Crippen MR) is 75.5 cm³/mol. The summed E-state index contributed by atoms with van der Waals surface area (Å²) in [4.78, 5) is 11.9. The minimum atomic E-state index is 0.721. The van der Waals surface area contributed by atoms with Gasteiger partial charge in [-0.3, -0.25) is 0 Å². The largest absolute Gasteiger partial charge is 0.329 e. The van der Waals surface area contributed by atoms with Crippen LogP contribution in [-0.2, 0) is 13.0 Å². The first-order valence-electron chi connectivity index (χ1n) is 5.66. The van der Waals surface area contributed by atoms with Gasteiger partial charge in [0.1, 0.15) is 0 Å². The topological polar surface area (TPSA) is 46.5 Å². The van der Waals surface area contributed by atoms with Crippen molar-refractivity contribution in [1.29, 1.82) is 0 Å². The summed E-state index contributed by atoms with van der Waals surface area (Å²) in [6.45, 7) is 2.83. The molecule has 0 spiro atoms. The molecule has 0 aromatic carbocycles. The number of thiazole rings is 1. The fraction of sp³-hybridized carbons (Fsp3) is 0.250. The van der Waals surface area contributed by atoms with Gasteiger partial charge in [0, 0.05) is 24.5 Å². The summed E-state index contributed by atoms with van der Waals surface area (Å²) in [6.07, 6.45) is 2.74. The quantitative estimate of drug-likeness (QED) is 0.748. The third kappa shape index (κ3) is 2.09. The molecule has 0 aliphatic carbocycles. The average molecular weight is 276 g/mol. The normalized spacial score (nSPS) is 11.2. The van der Waals surface area contributed by atoms with Gasteiger partial charge < -0.3 is 9.55 Å². The fourth-order valence-electron chi connectivity index (χ4n) is 1.94. The van der Waals surface area contributed by atoms with E-state index in [2.05, 4.69) is 26.4 Å². The number of hydrogen-bond donors (Lipinski definition) is 1. The minimum absolute atomic E-state index is 0.721. The monoisotopic (exact) mass is 276 g/mol. The van der Waals surface area contributed by atoms with Gasteiger partial charge in [-0.05, 0) is 30.8 Å². The molecule has 0 fully saturated rings. The van der Waals surface area contributed by atoms with E-state index in [0.29, 0.717) is 0 Å². The number of aryl methyl sites for hydroxylation is 3. The zero-order valence-corrected chi connectivity index (χ0v) is 11.5. The Hall–Kier alpha value is -1.53. The Labute approximate surface area is 113 Å². The van der Waals surface area contributed by atoms with Crippen molar-refractivity contribution in [3.63, 3.8) is 0 Å². The molecule has 6 heteroatoms. The highest BCUT2D eigenvalue weighted by Gasteiger charge is 2.06. The Morgan fingerprint density at radius 3 is 3.11 bits per heavy atom. The number of imidazole rings is 1. The van der Waals surface area contributed by atoms with Crippen molar-refractivity contribution in [2.75, 3.05) is 0 Å². The highest BCUT2D eigenvalue weighted by atomic mass is 32.1. The highest BCUT2D eigenvalue weighted by Crippen LogP contribution is 2.14. The molecule has 0 aliphatic heterocycles. The summed E-state index contributed by atoms with van der Waals surface area (Å²) in [5.74, 6) is 0. The number of hydrogen-bond acceptors (Lipinski definition) is 4. The molecule has 0 saturated carbocycles. The smallest absolute Gasteiger partial charge is 0.179 e. The maximum atomic E-state index is 5.34. The zero-order chi connectivity index (χ0) is 12.5. The van der Waals surface area contributed by atoms with Gasteiger partial charge >= 0.3 is 0 Å². The van der Waals surface area contributed by atoms with Crippen LogP contribution >= 0.6 is 23.6 Å². The van der Waals surface area contributed by atoms with Gasteiger partial charge in [-0.25, -0.2) is 9.97 Å². The van der Waals surface area contributed by atoms with Gasteiger partial charge in [-0.1, -0.05) is 0 Å². The molecule has 18 heavy (non-hydrogen) atoms. The summed E-state index contributed by atoms with van der Waals surface area (Å²) in [5.41, 5.74) is 6.00. The first-order chi connectivity index (χ1) is 8.74. The van der Waals surface area contributed by atoms with Crippen LogP contribution in [0.25, 0.3) is 11.2 Å². The summed E-state index contributed by atoms with van der Waals surface area (Å²) in [6, 6.07) is 2.07. The molecule has 0 amide bonds. The van der Waals surface area contributed by atoms with Gasteiger partial charge in [0.15, 0.2) is 10.4 Å². The lowest BCUT2D eigenvalue weighted by Crippen LogP contribution is -2.02.